The van der Waals surface area contributed by atoms with Gasteiger partial charge in [0.05, 0.1) is 12.2 Å². The van der Waals surface area contributed by atoms with Crippen LogP contribution in [0.5, 0.6) is 0 Å². The first-order valence-electron chi connectivity index (χ1n) is 5.64. The Morgan fingerprint density at radius 1 is 1.38 bits per heavy atom. The fourth-order valence-corrected chi connectivity index (χ4v) is 2.19. The van der Waals surface area contributed by atoms with Crippen molar-refractivity contribution >= 4 is 15.9 Å². The molecular formula is C13H18BrFO. The van der Waals surface area contributed by atoms with Gasteiger partial charge in [0, 0.05) is 10.9 Å². The summed E-state index contributed by atoms with van der Waals surface area (Å²) < 4.78 is 19.4. The summed E-state index contributed by atoms with van der Waals surface area (Å²) in [6.07, 6.45) is 2.03. The molecule has 0 fully saturated rings. The fourth-order valence-electron chi connectivity index (χ4n) is 1.68. The highest BCUT2D eigenvalue weighted by atomic mass is 79.9. The molecule has 1 rings (SSSR count). The molecule has 0 saturated carbocycles. The van der Waals surface area contributed by atoms with Crippen LogP contribution < -0.4 is 0 Å². The van der Waals surface area contributed by atoms with Crippen LogP contribution in [0.1, 0.15) is 38.4 Å². The molecule has 0 radical (unpaired) electrons. The zero-order valence-electron chi connectivity index (χ0n) is 9.75. The molecular weight excluding hydrogens is 271 g/mol. The zero-order valence-corrected chi connectivity index (χ0v) is 11.3. The van der Waals surface area contributed by atoms with Gasteiger partial charge in [-0.05, 0) is 19.4 Å². The quantitative estimate of drug-likeness (QED) is 0.702. The summed E-state index contributed by atoms with van der Waals surface area (Å²) in [6, 6.07) is 6.78. The van der Waals surface area contributed by atoms with Gasteiger partial charge in [-0.3, -0.25) is 0 Å². The van der Waals surface area contributed by atoms with Gasteiger partial charge in [-0.2, -0.15) is 0 Å². The predicted octanol–water partition coefficient (Wildman–Crippen LogP) is 4.47. The zero-order chi connectivity index (χ0) is 12.0. The molecule has 0 N–H and O–H groups in total. The van der Waals surface area contributed by atoms with Crippen LogP contribution in [0.25, 0.3) is 0 Å². The van der Waals surface area contributed by atoms with Crippen molar-refractivity contribution in [2.45, 2.75) is 38.9 Å². The van der Waals surface area contributed by atoms with E-state index in [4.69, 9.17) is 4.74 Å². The molecule has 0 aliphatic heterocycles. The molecule has 90 valence electrons. The fraction of sp³-hybridized carbons (Fsp3) is 0.538. The van der Waals surface area contributed by atoms with Gasteiger partial charge in [-0.1, -0.05) is 47.5 Å². The molecule has 0 saturated heterocycles. The minimum Gasteiger partial charge on any atom is -0.370 e. The standard InChI is InChI=1S/C13H18BrFO/c1-3-6-10(2)16-13(9-14)11-7-4-5-8-12(11)15/h4-5,7-8,10,13H,3,6,9H2,1-2H3. The van der Waals surface area contributed by atoms with E-state index in [1.165, 1.54) is 6.07 Å². The van der Waals surface area contributed by atoms with Crippen LogP contribution in [0.4, 0.5) is 4.39 Å². The van der Waals surface area contributed by atoms with Gasteiger partial charge in [0.2, 0.25) is 0 Å². The molecule has 0 amide bonds. The van der Waals surface area contributed by atoms with Crippen LogP contribution in [0.3, 0.4) is 0 Å². The Kier molecular flexibility index (Phi) is 5.99. The molecule has 1 nitrogen and oxygen atoms in total. The summed E-state index contributed by atoms with van der Waals surface area (Å²) in [4.78, 5) is 0. The minimum absolute atomic E-state index is 0.159. The minimum atomic E-state index is -0.206. The van der Waals surface area contributed by atoms with Crippen molar-refractivity contribution < 1.29 is 9.13 Å². The van der Waals surface area contributed by atoms with E-state index < -0.39 is 0 Å². The lowest BCUT2D eigenvalue weighted by Gasteiger charge is -2.21. The second kappa shape index (κ2) is 7.02. The molecule has 3 heteroatoms. The first-order valence-corrected chi connectivity index (χ1v) is 6.77. The Hall–Kier alpha value is -0.410. The normalized spacial score (nSPS) is 14.8. The number of rotatable bonds is 6. The van der Waals surface area contributed by atoms with Gasteiger partial charge in [-0.25, -0.2) is 4.39 Å². The largest absolute Gasteiger partial charge is 0.370 e. The van der Waals surface area contributed by atoms with Crippen molar-refractivity contribution in [3.63, 3.8) is 0 Å². The maximum absolute atomic E-state index is 13.6. The number of hydrogen-bond acceptors (Lipinski definition) is 1. The van der Waals surface area contributed by atoms with E-state index in [0.29, 0.717) is 10.9 Å². The van der Waals surface area contributed by atoms with Gasteiger partial charge in [0.25, 0.3) is 0 Å². The van der Waals surface area contributed by atoms with Crippen LogP contribution in [0, 0.1) is 5.82 Å². The summed E-state index contributed by atoms with van der Waals surface area (Å²) in [7, 11) is 0. The van der Waals surface area contributed by atoms with E-state index in [0.717, 1.165) is 12.8 Å². The Bertz CT molecular complexity index is 317. The molecule has 0 aliphatic rings. The maximum atomic E-state index is 13.6. The van der Waals surface area contributed by atoms with E-state index >= 15 is 0 Å². The van der Waals surface area contributed by atoms with Crippen molar-refractivity contribution in [3.05, 3.63) is 35.6 Å². The Balaban J connectivity index is 2.71. The molecule has 0 aromatic heterocycles. The predicted molar refractivity (Wildman–Crippen MR) is 68.4 cm³/mol. The van der Waals surface area contributed by atoms with E-state index in [2.05, 4.69) is 22.9 Å². The molecule has 1 aromatic carbocycles. The Labute approximate surface area is 105 Å². The number of halogens is 2. The molecule has 0 aliphatic carbocycles. The summed E-state index contributed by atoms with van der Waals surface area (Å²) in [5.74, 6) is -0.198. The molecule has 0 spiro atoms. The highest BCUT2D eigenvalue weighted by Crippen LogP contribution is 2.24. The lowest BCUT2D eigenvalue weighted by atomic mass is 10.1. The third-order valence-corrected chi connectivity index (χ3v) is 3.07. The van der Waals surface area contributed by atoms with Crippen LogP contribution in [-0.2, 0) is 4.74 Å². The average Bonchev–Trinajstić information content (AvgIpc) is 2.27. The van der Waals surface area contributed by atoms with Crippen molar-refractivity contribution in [2.24, 2.45) is 0 Å². The highest BCUT2D eigenvalue weighted by molar-refractivity contribution is 9.09. The molecule has 0 heterocycles. The number of hydrogen-bond donors (Lipinski definition) is 0. The Morgan fingerprint density at radius 3 is 2.62 bits per heavy atom. The smallest absolute Gasteiger partial charge is 0.129 e. The average molecular weight is 289 g/mol. The second-order valence-corrected chi connectivity index (χ2v) is 4.55. The highest BCUT2D eigenvalue weighted by Gasteiger charge is 2.17. The van der Waals surface area contributed by atoms with E-state index in [1.807, 2.05) is 13.0 Å². The van der Waals surface area contributed by atoms with Gasteiger partial charge < -0.3 is 4.74 Å². The summed E-state index contributed by atoms with van der Waals surface area (Å²) in [5, 5.41) is 0.613. The van der Waals surface area contributed by atoms with Crippen molar-refractivity contribution in [2.75, 3.05) is 5.33 Å². The van der Waals surface area contributed by atoms with Crippen molar-refractivity contribution in [3.8, 4) is 0 Å². The van der Waals surface area contributed by atoms with Crippen LogP contribution in [0.2, 0.25) is 0 Å². The first kappa shape index (κ1) is 13.7. The summed E-state index contributed by atoms with van der Waals surface area (Å²) in [5.41, 5.74) is 0.627. The molecule has 1 aromatic rings. The lowest BCUT2D eigenvalue weighted by Crippen LogP contribution is -2.15. The maximum Gasteiger partial charge on any atom is 0.129 e. The molecule has 2 atom stereocenters. The van der Waals surface area contributed by atoms with Crippen molar-refractivity contribution in [1.82, 2.24) is 0 Å². The van der Waals surface area contributed by atoms with E-state index in [1.54, 1.807) is 12.1 Å². The van der Waals surface area contributed by atoms with Gasteiger partial charge in [0.15, 0.2) is 0 Å². The number of ether oxygens (including phenoxy) is 1. The lowest BCUT2D eigenvalue weighted by molar-refractivity contribution is 0.00419. The number of alkyl halides is 1. The first-order chi connectivity index (χ1) is 7.69. The van der Waals surface area contributed by atoms with Crippen LogP contribution in [0.15, 0.2) is 24.3 Å². The topological polar surface area (TPSA) is 9.23 Å². The molecule has 2 unspecified atom stereocenters. The summed E-state index contributed by atoms with van der Waals surface area (Å²) in [6.45, 7) is 4.14. The third-order valence-electron chi connectivity index (χ3n) is 2.48. The third kappa shape index (κ3) is 3.87. The second-order valence-electron chi connectivity index (χ2n) is 3.90. The summed E-state index contributed by atoms with van der Waals surface area (Å²) >= 11 is 3.37. The number of benzene rings is 1. The van der Waals surface area contributed by atoms with Gasteiger partial charge in [0.1, 0.15) is 5.82 Å². The Morgan fingerprint density at radius 2 is 2.06 bits per heavy atom. The van der Waals surface area contributed by atoms with Gasteiger partial charge in [-0.15, -0.1) is 0 Å². The van der Waals surface area contributed by atoms with Crippen LogP contribution in [-0.4, -0.2) is 11.4 Å². The monoisotopic (exact) mass is 288 g/mol. The van der Waals surface area contributed by atoms with E-state index in [9.17, 15) is 4.39 Å². The van der Waals surface area contributed by atoms with E-state index in [-0.39, 0.29) is 18.0 Å². The molecule has 0 bridgehead atoms. The van der Waals surface area contributed by atoms with Gasteiger partial charge >= 0.3 is 0 Å². The molecule has 16 heavy (non-hydrogen) atoms. The van der Waals surface area contributed by atoms with Crippen LogP contribution >= 0.6 is 15.9 Å². The van der Waals surface area contributed by atoms with Crippen molar-refractivity contribution in [1.29, 1.82) is 0 Å². The SMILES string of the molecule is CCCC(C)OC(CBr)c1ccccc1F.